The Morgan fingerprint density at radius 2 is 1.97 bits per heavy atom. The largest absolute Gasteiger partial charge is 0.326 e. The summed E-state index contributed by atoms with van der Waals surface area (Å²) in [6.07, 6.45) is 6.11. The van der Waals surface area contributed by atoms with Crippen LogP contribution < -0.4 is 5.73 Å². The zero-order valence-corrected chi connectivity index (χ0v) is 17.4. The number of unbranched alkanes of at least 4 members (excludes halogenated alkanes) is 1. The quantitative estimate of drug-likeness (QED) is 0.230. The fourth-order valence-electron chi connectivity index (χ4n) is 3.93. The van der Waals surface area contributed by atoms with E-state index < -0.39 is 29.7 Å². The van der Waals surface area contributed by atoms with Crippen molar-refractivity contribution >= 4 is 17.2 Å². The lowest BCUT2D eigenvalue weighted by atomic mass is 9.64. The van der Waals surface area contributed by atoms with Gasteiger partial charge in [-0.2, -0.15) is 0 Å². The van der Waals surface area contributed by atoms with Crippen molar-refractivity contribution in [3.63, 3.8) is 0 Å². The predicted molar refractivity (Wildman–Crippen MR) is 110 cm³/mol. The Balaban J connectivity index is 1.86. The molecular formula is C23H28F4N2O. The summed E-state index contributed by atoms with van der Waals surface area (Å²) in [6, 6.07) is 2.65. The maximum absolute atomic E-state index is 14.3. The molecule has 0 bridgehead atoms. The van der Waals surface area contributed by atoms with Gasteiger partial charge in [-0.05, 0) is 55.9 Å². The van der Waals surface area contributed by atoms with Crippen molar-refractivity contribution in [2.45, 2.75) is 76.9 Å². The van der Waals surface area contributed by atoms with Gasteiger partial charge in [0.2, 0.25) is 0 Å². The van der Waals surface area contributed by atoms with Crippen molar-refractivity contribution < 1.29 is 22.4 Å². The molecule has 1 fully saturated rings. The van der Waals surface area contributed by atoms with Crippen LogP contribution in [-0.2, 0) is 11.3 Å². The van der Waals surface area contributed by atoms with E-state index in [4.69, 9.17) is 12.2 Å². The molecule has 1 aromatic carbocycles. The van der Waals surface area contributed by atoms with Gasteiger partial charge in [0.05, 0.1) is 11.4 Å². The van der Waals surface area contributed by atoms with E-state index in [0.29, 0.717) is 36.2 Å². The van der Waals surface area contributed by atoms with Crippen LogP contribution in [0.4, 0.5) is 23.2 Å². The first-order chi connectivity index (χ1) is 14.1. The average molecular weight is 424 g/mol. The molecule has 0 amide bonds. The first kappa shape index (κ1) is 24.1. The van der Waals surface area contributed by atoms with Gasteiger partial charge in [-0.1, -0.05) is 12.8 Å². The maximum atomic E-state index is 14.3. The summed E-state index contributed by atoms with van der Waals surface area (Å²) < 4.78 is 55.0. The topological polar surface area (TPSA) is 55.5 Å². The molecule has 3 nitrogen and oxygen atoms in total. The summed E-state index contributed by atoms with van der Waals surface area (Å²) in [7, 11) is 0. The van der Waals surface area contributed by atoms with Crippen molar-refractivity contribution in [2.24, 2.45) is 16.6 Å². The SMILES string of the molecule is C#CC(CCCCC(=O)CC1CC(F)(F)C1(F)CC)=Nc1cc(F)cc(CN)c1C. The van der Waals surface area contributed by atoms with E-state index in [2.05, 4.69) is 10.9 Å². The van der Waals surface area contributed by atoms with Crippen molar-refractivity contribution in [2.75, 3.05) is 0 Å². The van der Waals surface area contributed by atoms with Gasteiger partial charge in [0.15, 0.2) is 5.67 Å². The highest BCUT2D eigenvalue weighted by molar-refractivity contribution is 6.01. The number of alkyl halides is 3. The Kier molecular flexibility index (Phi) is 7.81. The number of ketones is 1. The van der Waals surface area contributed by atoms with E-state index in [-0.39, 0.29) is 31.6 Å². The molecule has 0 aromatic heterocycles. The number of hydrogen-bond acceptors (Lipinski definition) is 3. The number of benzene rings is 1. The van der Waals surface area contributed by atoms with E-state index in [1.807, 2.05) is 0 Å². The van der Waals surface area contributed by atoms with Gasteiger partial charge in [0, 0.05) is 31.7 Å². The lowest BCUT2D eigenvalue weighted by Gasteiger charge is -2.49. The number of aliphatic imine (C=N–C) groups is 1. The Hall–Kier alpha value is -2.20. The molecule has 0 aliphatic heterocycles. The number of nitrogens with two attached hydrogens (primary N) is 1. The minimum absolute atomic E-state index is 0.166. The summed E-state index contributed by atoms with van der Waals surface area (Å²) in [5, 5.41) is 0. The molecule has 2 unspecified atom stereocenters. The molecule has 0 saturated heterocycles. The van der Waals surface area contributed by atoms with E-state index >= 15 is 0 Å². The highest BCUT2D eigenvalue weighted by Crippen LogP contribution is 2.57. The lowest BCUT2D eigenvalue weighted by Crippen LogP contribution is -2.61. The van der Waals surface area contributed by atoms with Crippen LogP contribution in [0.3, 0.4) is 0 Å². The van der Waals surface area contributed by atoms with Crippen LogP contribution in [0.5, 0.6) is 0 Å². The summed E-state index contributed by atoms with van der Waals surface area (Å²) in [5.74, 6) is -2.45. The Morgan fingerprint density at radius 1 is 1.30 bits per heavy atom. The fraction of sp³-hybridized carbons (Fsp3) is 0.565. The fourth-order valence-corrected chi connectivity index (χ4v) is 3.93. The molecule has 0 radical (unpaired) electrons. The zero-order valence-electron chi connectivity index (χ0n) is 17.4. The minimum Gasteiger partial charge on any atom is -0.326 e. The second-order valence-corrected chi connectivity index (χ2v) is 7.89. The van der Waals surface area contributed by atoms with Crippen LogP contribution in [0.25, 0.3) is 0 Å². The van der Waals surface area contributed by atoms with Gasteiger partial charge >= 0.3 is 0 Å². The Labute approximate surface area is 175 Å². The summed E-state index contributed by atoms with van der Waals surface area (Å²) in [6.45, 7) is 3.35. The highest BCUT2D eigenvalue weighted by Gasteiger charge is 2.68. The molecule has 1 aliphatic rings. The van der Waals surface area contributed by atoms with Crippen molar-refractivity contribution in [3.05, 3.63) is 29.1 Å². The van der Waals surface area contributed by atoms with Gasteiger partial charge in [-0.15, -0.1) is 6.42 Å². The number of halogens is 4. The summed E-state index contributed by atoms with van der Waals surface area (Å²) >= 11 is 0. The first-order valence-electron chi connectivity index (χ1n) is 10.2. The number of Topliss-reactive ketones (excluding diaryl/α,β-unsaturated/α-hetero) is 1. The van der Waals surface area contributed by atoms with Crippen molar-refractivity contribution in [1.82, 2.24) is 0 Å². The van der Waals surface area contributed by atoms with Crippen LogP contribution in [0, 0.1) is 31.0 Å². The molecular weight excluding hydrogens is 396 g/mol. The van der Waals surface area contributed by atoms with Gasteiger partial charge in [-0.3, -0.25) is 4.79 Å². The van der Waals surface area contributed by atoms with Crippen LogP contribution in [0.15, 0.2) is 17.1 Å². The van der Waals surface area contributed by atoms with Crippen LogP contribution in [0.1, 0.15) is 63.0 Å². The standard InChI is InChI=1S/C23H28F4N2O/c1-4-19(29-21-12-18(24)10-16(14-28)15(21)3)8-6-7-9-20(30)11-17-13-23(26,27)22(17,25)5-2/h1,10,12,17H,5-9,11,13-14,28H2,2-3H3. The van der Waals surface area contributed by atoms with E-state index in [1.165, 1.54) is 19.1 Å². The molecule has 1 aromatic rings. The molecule has 7 heteroatoms. The third-order valence-electron chi connectivity index (χ3n) is 5.96. The minimum atomic E-state index is -3.34. The number of hydrogen-bond donors (Lipinski definition) is 1. The zero-order chi connectivity index (χ0) is 22.5. The number of terminal acetylenes is 1. The molecule has 0 spiro atoms. The number of carbonyl (C=O) groups is 1. The lowest BCUT2D eigenvalue weighted by molar-refractivity contribution is -0.252. The Bertz CT molecular complexity index is 859. The Morgan fingerprint density at radius 3 is 2.53 bits per heavy atom. The molecule has 30 heavy (non-hydrogen) atoms. The van der Waals surface area contributed by atoms with Gasteiger partial charge in [0.1, 0.15) is 11.6 Å². The van der Waals surface area contributed by atoms with E-state index in [1.54, 1.807) is 6.92 Å². The van der Waals surface area contributed by atoms with Crippen LogP contribution >= 0.6 is 0 Å². The number of carbonyl (C=O) groups excluding carboxylic acids is 1. The molecule has 0 heterocycles. The molecule has 1 aliphatic carbocycles. The second kappa shape index (κ2) is 9.74. The third-order valence-corrected chi connectivity index (χ3v) is 5.96. The van der Waals surface area contributed by atoms with Gasteiger partial charge in [0.25, 0.3) is 5.92 Å². The maximum Gasteiger partial charge on any atom is 0.282 e. The van der Waals surface area contributed by atoms with E-state index in [0.717, 1.165) is 5.56 Å². The van der Waals surface area contributed by atoms with Crippen molar-refractivity contribution in [1.29, 1.82) is 0 Å². The molecule has 2 rings (SSSR count). The molecule has 2 N–H and O–H groups in total. The molecule has 164 valence electrons. The number of rotatable bonds is 10. The number of nitrogens with zero attached hydrogens (tertiary/aromatic N) is 1. The predicted octanol–water partition coefficient (Wildman–Crippen LogP) is 5.59. The average Bonchev–Trinajstić information content (AvgIpc) is 2.70. The smallest absolute Gasteiger partial charge is 0.282 e. The summed E-state index contributed by atoms with van der Waals surface area (Å²) in [5.41, 5.74) is 5.29. The monoisotopic (exact) mass is 424 g/mol. The van der Waals surface area contributed by atoms with Crippen molar-refractivity contribution in [3.8, 4) is 12.3 Å². The second-order valence-electron chi connectivity index (χ2n) is 7.89. The molecule has 2 atom stereocenters. The van der Waals surface area contributed by atoms with Gasteiger partial charge in [-0.25, -0.2) is 22.6 Å². The van der Waals surface area contributed by atoms with Crippen LogP contribution in [0.2, 0.25) is 0 Å². The van der Waals surface area contributed by atoms with E-state index in [9.17, 15) is 22.4 Å². The summed E-state index contributed by atoms with van der Waals surface area (Å²) in [4.78, 5) is 16.4. The highest BCUT2D eigenvalue weighted by atomic mass is 19.3. The van der Waals surface area contributed by atoms with Gasteiger partial charge < -0.3 is 5.73 Å². The normalized spacial score (nSPS) is 23.0. The molecule has 1 saturated carbocycles. The first-order valence-corrected chi connectivity index (χ1v) is 10.2. The van der Waals surface area contributed by atoms with Crippen LogP contribution in [-0.4, -0.2) is 23.1 Å². The third kappa shape index (κ3) is 5.10.